The summed E-state index contributed by atoms with van der Waals surface area (Å²) in [5.41, 5.74) is 0. The molecule has 0 bridgehead atoms. The Morgan fingerprint density at radius 2 is 1.93 bits per heavy atom. The van der Waals surface area contributed by atoms with E-state index in [2.05, 4.69) is 11.9 Å². The fraction of sp³-hybridized carbons (Fsp3) is 1.00. The van der Waals surface area contributed by atoms with E-state index >= 15 is 0 Å². The van der Waals surface area contributed by atoms with Gasteiger partial charge in [0.05, 0.1) is 6.54 Å². The van der Waals surface area contributed by atoms with Gasteiger partial charge in [0.25, 0.3) is 6.43 Å². The van der Waals surface area contributed by atoms with Gasteiger partial charge in [-0.05, 0) is 39.5 Å². The van der Waals surface area contributed by atoms with E-state index in [1.807, 2.05) is 11.8 Å². The Balaban J connectivity index is 2.36. The van der Waals surface area contributed by atoms with Crippen molar-refractivity contribution in [1.29, 1.82) is 0 Å². The summed E-state index contributed by atoms with van der Waals surface area (Å²) < 4.78 is 24.5. The van der Waals surface area contributed by atoms with E-state index in [0.29, 0.717) is 6.04 Å². The number of piperidine rings is 1. The van der Waals surface area contributed by atoms with Crippen LogP contribution in [0.3, 0.4) is 0 Å². The average molecular weight is 206 g/mol. The second-order valence-electron chi connectivity index (χ2n) is 4.01. The van der Waals surface area contributed by atoms with Crippen LogP contribution < -0.4 is 0 Å². The molecule has 1 aliphatic rings. The molecule has 1 heterocycles. The third-order valence-corrected chi connectivity index (χ3v) is 2.98. The molecule has 1 rings (SSSR count). The molecular weight excluding hydrogens is 186 g/mol. The maximum atomic E-state index is 12.3. The van der Waals surface area contributed by atoms with Crippen molar-refractivity contribution in [3.63, 3.8) is 0 Å². The molecule has 84 valence electrons. The van der Waals surface area contributed by atoms with E-state index in [1.54, 1.807) is 0 Å². The van der Waals surface area contributed by atoms with Crippen LogP contribution in [0.25, 0.3) is 0 Å². The maximum Gasteiger partial charge on any atom is 0.251 e. The molecule has 14 heavy (non-hydrogen) atoms. The van der Waals surface area contributed by atoms with Gasteiger partial charge in [-0.1, -0.05) is 6.92 Å². The molecular formula is C10H20F2N2. The van der Waals surface area contributed by atoms with Crippen molar-refractivity contribution in [2.24, 2.45) is 0 Å². The minimum atomic E-state index is -2.20. The highest BCUT2D eigenvalue weighted by Crippen LogP contribution is 2.16. The monoisotopic (exact) mass is 206 g/mol. The molecule has 1 aliphatic heterocycles. The molecule has 0 N–H and O–H groups in total. The van der Waals surface area contributed by atoms with Gasteiger partial charge in [-0.15, -0.1) is 0 Å². The van der Waals surface area contributed by atoms with Crippen LogP contribution in [0.1, 0.15) is 19.8 Å². The Labute approximate surface area is 84.9 Å². The fourth-order valence-corrected chi connectivity index (χ4v) is 2.07. The van der Waals surface area contributed by atoms with Crippen molar-refractivity contribution >= 4 is 0 Å². The Hall–Kier alpha value is -0.220. The lowest BCUT2D eigenvalue weighted by molar-refractivity contribution is 0.0486. The molecule has 0 aromatic carbocycles. The third-order valence-electron chi connectivity index (χ3n) is 2.98. The van der Waals surface area contributed by atoms with Crippen molar-refractivity contribution in [3.05, 3.63) is 0 Å². The summed E-state index contributed by atoms with van der Waals surface area (Å²) >= 11 is 0. The van der Waals surface area contributed by atoms with Crippen LogP contribution >= 0.6 is 0 Å². The van der Waals surface area contributed by atoms with Gasteiger partial charge in [0.2, 0.25) is 0 Å². The number of hydrogen-bond acceptors (Lipinski definition) is 2. The molecule has 0 spiro atoms. The van der Waals surface area contributed by atoms with Crippen molar-refractivity contribution < 1.29 is 8.78 Å². The van der Waals surface area contributed by atoms with Gasteiger partial charge in [-0.3, -0.25) is 4.90 Å². The van der Waals surface area contributed by atoms with Crippen molar-refractivity contribution in [3.8, 4) is 0 Å². The van der Waals surface area contributed by atoms with E-state index in [0.717, 1.165) is 32.5 Å². The zero-order chi connectivity index (χ0) is 10.6. The lowest BCUT2D eigenvalue weighted by Crippen LogP contribution is -2.45. The lowest BCUT2D eigenvalue weighted by Gasteiger charge is -2.36. The second kappa shape index (κ2) is 5.61. The third kappa shape index (κ3) is 3.50. The standard InChI is InChI=1S/C10H20F2N2/c1-3-14(8-10(11)12)9-4-6-13(2)7-5-9/h9-10H,3-8H2,1-2H3. The van der Waals surface area contributed by atoms with Gasteiger partial charge < -0.3 is 4.90 Å². The maximum absolute atomic E-state index is 12.3. The zero-order valence-corrected chi connectivity index (χ0v) is 9.05. The quantitative estimate of drug-likeness (QED) is 0.690. The summed E-state index contributed by atoms with van der Waals surface area (Å²) in [6.07, 6.45) is -0.150. The van der Waals surface area contributed by atoms with E-state index in [1.165, 1.54) is 0 Å². The summed E-state index contributed by atoms with van der Waals surface area (Å²) in [6, 6.07) is 0.366. The SMILES string of the molecule is CCN(CC(F)F)C1CCN(C)CC1. The molecule has 0 aromatic heterocycles. The van der Waals surface area contributed by atoms with E-state index in [9.17, 15) is 8.78 Å². The fourth-order valence-electron chi connectivity index (χ4n) is 2.07. The van der Waals surface area contributed by atoms with Gasteiger partial charge in [-0.2, -0.15) is 0 Å². The highest BCUT2D eigenvalue weighted by atomic mass is 19.3. The number of nitrogens with zero attached hydrogens (tertiary/aromatic N) is 2. The average Bonchev–Trinajstić information content (AvgIpc) is 2.15. The zero-order valence-electron chi connectivity index (χ0n) is 9.05. The van der Waals surface area contributed by atoms with Crippen molar-refractivity contribution in [2.45, 2.75) is 32.2 Å². The first-order valence-corrected chi connectivity index (χ1v) is 5.34. The van der Waals surface area contributed by atoms with Crippen molar-refractivity contribution in [1.82, 2.24) is 9.80 Å². The summed E-state index contributed by atoms with van der Waals surface area (Å²) in [7, 11) is 2.08. The van der Waals surface area contributed by atoms with Gasteiger partial charge in [0.15, 0.2) is 0 Å². The van der Waals surface area contributed by atoms with Crippen LogP contribution in [0.5, 0.6) is 0 Å². The van der Waals surface area contributed by atoms with Gasteiger partial charge >= 0.3 is 0 Å². The van der Waals surface area contributed by atoms with Crippen LogP contribution in [-0.4, -0.2) is 55.5 Å². The summed E-state index contributed by atoms with van der Waals surface area (Å²) in [5, 5.41) is 0. The summed E-state index contributed by atoms with van der Waals surface area (Å²) in [4.78, 5) is 4.17. The van der Waals surface area contributed by atoms with Crippen LogP contribution in [0.2, 0.25) is 0 Å². The van der Waals surface area contributed by atoms with E-state index < -0.39 is 6.43 Å². The van der Waals surface area contributed by atoms with Crippen LogP contribution in [0, 0.1) is 0 Å². The summed E-state index contributed by atoms with van der Waals surface area (Å²) in [6.45, 7) is 4.69. The number of rotatable bonds is 4. The molecule has 0 saturated carbocycles. The normalized spacial score (nSPS) is 21.0. The van der Waals surface area contributed by atoms with E-state index in [-0.39, 0.29) is 6.54 Å². The first-order valence-electron chi connectivity index (χ1n) is 5.34. The molecule has 0 amide bonds. The van der Waals surface area contributed by atoms with Gasteiger partial charge in [0.1, 0.15) is 0 Å². The minimum absolute atomic E-state index is 0.0646. The molecule has 0 radical (unpaired) electrons. The number of likely N-dealkylation sites (tertiary alicyclic amines) is 1. The molecule has 0 atom stereocenters. The van der Waals surface area contributed by atoms with E-state index in [4.69, 9.17) is 0 Å². The summed E-state index contributed by atoms with van der Waals surface area (Å²) in [5.74, 6) is 0. The molecule has 1 saturated heterocycles. The Morgan fingerprint density at radius 1 is 1.36 bits per heavy atom. The Morgan fingerprint density at radius 3 is 2.36 bits per heavy atom. The molecule has 1 fully saturated rings. The lowest BCUT2D eigenvalue weighted by atomic mass is 10.0. The predicted molar refractivity (Wildman–Crippen MR) is 53.8 cm³/mol. The van der Waals surface area contributed by atoms with Crippen LogP contribution in [-0.2, 0) is 0 Å². The number of halogens is 2. The van der Waals surface area contributed by atoms with Gasteiger partial charge in [0, 0.05) is 6.04 Å². The smallest absolute Gasteiger partial charge is 0.251 e. The first kappa shape index (κ1) is 11.9. The number of alkyl halides is 2. The molecule has 0 unspecified atom stereocenters. The second-order valence-corrected chi connectivity index (χ2v) is 4.01. The Bertz CT molecular complexity index is 156. The largest absolute Gasteiger partial charge is 0.306 e. The predicted octanol–water partition coefficient (Wildman–Crippen LogP) is 1.67. The molecule has 4 heteroatoms. The van der Waals surface area contributed by atoms with Crippen molar-refractivity contribution in [2.75, 3.05) is 33.2 Å². The highest BCUT2D eigenvalue weighted by molar-refractivity contribution is 4.78. The van der Waals surface area contributed by atoms with Crippen LogP contribution in [0.15, 0.2) is 0 Å². The van der Waals surface area contributed by atoms with Crippen LogP contribution in [0.4, 0.5) is 8.78 Å². The Kier molecular flexibility index (Phi) is 4.75. The van der Waals surface area contributed by atoms with Gasteiger partial charge in [-0.25, -0.2) is 8.78 Å². The topological polar surface area (TPSA) is 6.48 Å². The molecule has 0 aliphatic carbocycles. The minimum Gasteiger partial charge on any atom is -0.306 e. The molecule has 0 aromatic rings. The first-order chi connectivity index (χ1) is 6.63. The molecule has 2 nitrogen and oxygen atoms in total. The highest BCUT2D eigenvalue weighted by Gasteiger charge is 2.23. The number of hydrogen-bond donors (Lipinski definition) is 0.